The normalized spacial score (nSPS) is 28.2. The van der Waals surface area contributed by atoms with Crippen LogP contribution >= 0.6 is 0 Å². The van der Waals surface area contributed by atoms with Crippen LogP contribution in [0.15, 0.2) is 30.3 Å². The highest BCUT2D eigenvalue weighted by Crippen LogP contribution is 2.33. The molecule has 2 rings (SSSR count). The number of nitrogens with zero attached hydrogens (tertiary/aromatic N) is 1. The van der Waals surface area contributed by atoms with E-state index in [-0.39, 0.29) is 11.1 Å². The van der Waals surface area contributed by atoms with Crippen molar-refractivity contribution in [2.45, 2.75) is 52.1 Å². The van der Waals surface area contributed by atoms with Crippen LogP contribution < -0.4 is 5.32 Å². The summed E-state index contributed by atoms with van der Waals surface area (Å²) >= 11 is 0. The highest BCUT2D eigenvalue weighted by atomic mass is 15.3. The fourth-order valence-corrected chi connectivity index (χ4v) is 3.08. The van der Waals surface area contributed by atoms with Gasteiger partial charge in [0.25, 0.3) is 0 Å². The van der Waals surface area contributed by atoms with E-state index >= 15 is 0 Å². The molecule has 0 bridgehead atoms. The molecule has 0 radical (unpaired) electrons. The molecular weight excluding hydrogens is 244 g/mol. The first-order valence-corrected chi connectivity index (χ1v) is 7.93. The van der Waals surface area contributed by atoms with E-state index < -0.39 is 0 Å². The van der Waals surface area contributed by atoms with Crippen molar-refractivity contribution in [1.82, 2.24) is 10.2 Å². The Bertz CT molecular complexity index is 426. The van der Waals surface area contributed by atoms with E-state index in [1.807, 2.05) is 0 Å². The Morgan fingerprint density at radius 2 is 1.85 bits per heavy atom. The Kier molecular flexibility index (Phi) is 4.55. The smallest absolute Gasteiger partial charge is 0.0558 e. The Labute approximate surface area is 124 Å². The van der Waals surface area contributed by atoms with E-state index in [0.29, 0.717) is 0 Å². The third-order valence-corrected chi connectivity index (χ3v) is 4.82. The van der Waals surface area contributed by atoms with E-state index in [1.165, 1.54) is 18.5 Å². The molecule has 1 fully saturated rings. The van der Waals surface area contributed by atoms with E-state index in [4.69, 9.17) is 0 Å². The van der Waals surface area contributed by atoms with Gasteiger partial charge in [0.1, 0.15) is 0 Å². The molecule has 1 aromatic carbocycles. The molecule has 2 atom stereocenters. The van der Waals surface area contributed by atoms with Gasteiger partial charge in [-0.3, -0.25) is 4.90 Å². The zero-order valence-corrected chi connectivity index (χ0v) is 13.7. The van der Waals surface area contributed by atoms with Gasteiger partial charge in [-0.15, -0.1) is 0 Å². The predicted octanol–water partition coefficient (Wildman–Crippen LogP) is 3.63. The molecule has 20 heavy (non-hydrogen) atoms. The number of piperazine rings is 1. The van der Waals surface area contributed by atoms with Crippen molar-refractivity contribution >= 4 is 0 Å². The summed E-state index contributed by atoms with van der Waals surface area (Å²) in [6.45, 7) is 14.9. The third kappa shape index (κ3) is 3.24. The van der Waals surface area contributed by atoms with Crippen LogP contribution in [0.2, 0.25) is 0 Å². The van der Waals surface area contributed by atoms with Crippen LogP contribution in [0.25, 0.3) is 0 Å². The molecule has 1 N–H and O–H groups in total. The van der Waals surface area contributed by atoms with Crippen molar-refractivity contribution in [3.63, 3.8) is 0 Å². The van der Waals surface area contributed by atoms with Gasteiger partial charge in [0.15, 0.2) is 0 Å². The van der Waals surface area contributed by atoms with Crippen LogP contribution in [0, 0.1) is 5.92 Å². The fraction of sp³-hybridized carbons (Fsp3) is 0.667. The summed E-state index contributed by atoms with van der Waals surface area (Å²) in [5.74, 6) is 0.743. The van der Waals surface area contributed by atoms with Crippen molar-refractivity contribution in [3.8, 4) is 0 Å². The summed E-state index contributed by atoms with van der Waals surface area (Å²) < 4.78 is 0. The molecule has 2 heteroatoms. The number of hydrogen-bond donors (Lipinski definition) is 1. The quantitative estimate of drug-likeness (QED) is 0.902. The van der Waals surface area contributed by atoms with Gasteiger partial charge in [-0.25, -0.2) is 0 Å². The zero-order valence-electron chi connectivity index (χ0n) is 13.7. The van der Waals surface area contributed by atoms with Crippen LogP contribution in [0.4, 0.5) is 0 Å². The third-order valence-electron chi connectivity index (χ3n) is 4.82. The Morgan fingerprint density at radius 1 is 1.20 bits per heavy atom. The lowest BCUT2D eigenvalue weighted by atomic mass is 9.83. The summed E-state index contributed by atoms with van der Waals surface area (Å²) in [5, 5.41) is 3.73. The molecule has 2 unspecified atom stereocenters. The zero-order chi connectivity index (χ0) is 14.8. The molecule has 0 saturated carbocycles. The van der Waals surface area contributed by atoms with E-state index in [9.17, 15) is 0 Å². The second-order valence-corrected chi connectivity index (χ2v) is 7.27. The number of nitrogens with one attached hydrogen (secondary N) is 1. The van der Waals surface area contributed by atoms with Crippen LogP contribution in [-0.4, -0.2) is 30.1 Å². The molecule has 0 spiro atoms. The summed E-state index contributed by atoms with van der Waals surface area (Å²) in [4.78, 5) is 2.69. The first-order valence-electron chi connectivity index (χ1n) is 7.93. The largest absolute Gasteiger partial charge is 0.308 e. The Balaban J connectivity index is 2.28. The summed E-state index contributed by atoms with van der Waals surface area (Å²) in [6.07, 6.45) is 1.25. The standard InChI is InChI=1S/C18H30N2/c1-6-15(2)12-20-14-17(3,4)19-13-18(20,5)16-10-8-7-9-11-16/h7-11,15,19H,6,12-14H2,1-5H3. The molecule has 112 valence electrons. The minimum Gasteiger partial charge on any atom is -0.308 e. The van der Waals surface area contributed by atoms with Gasteiger partial charge in [0.2, 0.25) is 0 Å². The molecule has 0 amide bonds. The Hall–Kier alpha value is -0.860. The van der Waals surface area contributed by atoms with Crippen molar-refractivity contribution in [3.05, 3.63) is 35.9 Å². The summed E-state index contributed by atoms with van der Waals surface area (Å²) in [6, 6.07) is 10.9. The fourth-order valence-electron chi connectivity index (χ4n) is 3.08. The minimum atomic E-state index is 0.0974. The average Bonchev–Trinajstić information content (AvgIpc) is 2.43. The first-order chi connectivity index (χ1) is 9.37. The molecule has 1 aliphatic heterocycles. The monoisotopic (exact) mass is 274 g/mol. The van der Waals surface area contributed by atoms with Gasteiger partial charge < -0.3 is 5.32 Å². The van der Waals surface area contributed by atoms with Crippen LogP contribution in [0.1, 0.15) is 46.6 Å². The van der Waals surface area contributed by atoms with E-state index in [1.54, 1.807) is 0 Å². The van der Waals surface area contributed by atoms with Crippen molar-refractivity contribution in [2.75, 3.05) is 19.6 Å². The number of hydrogen-bond acceptors (Lipinski definition) is 2. The molecule has 0 aliphatic carbocycles. The number of rotatable bonds is 4. The SMILES string of the molecule is CCC(C)CN1CC(C)(C)NCC1(C)c1ccccc1. The topological polar surface area (TPSA) is 15.3 Å². The van der Waals surface area contributed by atoms with Gasteiger partial charge in [0.05, 0.1) is 5.54 Å². The average molecular weight is 274 g/mol. The lowest BCUT2D eigenvalue weighted by molar-refractivity contribution is 0.0131. The predicted molar refractivity (Wildman–Crippen MR) is 86.9 cm³/mol. The first kappa shape index (κ1) is 15.5. The summed E-state index contributed by atoms with van der Waals surface area (Å²) in [5.41, 5.74) is 1.72. The van der Waals surface area contributed by atoms with Gasteiger partial charge >= 0.3 is 0 Å². The minimum absolute atomic E-state index is 0.0974. The highest BCUT2D eigenvalue weighted by Gasteiger charge is 2.41. The highest BCUT2D eigenvalue weighted by molar-refractivity contribution is 5.26. The molecular formula is C18H30N2. The summed E-state index contributed by atoms with van der Waals surface area (Å²) in [7, 11) is 0. The lowest BCUT2D eigenvalue weighted by Crippen LogP contribution is -2.66. The van der Waals surface area contributed by atoms with Gasteiger partial charge in [-0.2, -0.15) is 0 Å². The van der Waals surface area contributed by atoms with Gasteiger partial charge in [0, 0.05) is 25.2 Å². The molecule has 1 aromatic rings. The van der Waals surface area contributed by atoms with E-state index in [2.05, 4.69) is 75.2 Å². The maximum atomic E-state index is 3.73. The molecule has 1 heterocycles. The van der Waals surface area contributed by atoms with Crippen molar-refractivity contribution < 1.29 is 0 Å². The van der Waals surface area contributed by atoms with Crippen molar-refractivity contribution in [1.29, 1.82) is 0 Å². The molecule has 2 nitrogen and oxygen atoms in total. The molecule has 1 saturated heterocycles. The second kappa shape index (κ2) is 5.87. The van der Waals surface area contributed by atoms with Gasteiger partial charge in [-0.05, 0) is 32.3 Å². The van der Waals surface area contributed by atoms with Crippen LogP contribution in [0.3, 0.4) is 0 Å². The number of benzene rings is 1. The van der Waals surface area contributed by atoms with Crippen LogP contribution in [-0.2, 0) is 5.54 Å². The maximum absolute atomic E-state index is 3.73. The van der Waals surface area contributed by atoms with E-state index in [0.717, 1.165) is 19.0 Å². The molecule has 0 aromatic heterocycles. The Morgan fingerprint density at radius 3 is 2.45 bits per heavy atom. The maximum Gasteiger partial charge on any atom is 0.0558 e. The lowest BCUT2D eigenvalue weighted by Gasteiger charge is -2.52. The second-order valence-electron chi connectivity index (χ2n) is 7.27. The van der Waals surface area contributed by atoms with Crippen LogP contribution in [0.5, 0.6) is 0 Å². The molecule has 1 aliphatic rings. The van der Waals surface area contributed by atoms with Crippen molar-refractivity contribution in [2.24, 2.45) is 5.92 Å². The van der Waals surface area contributed by atoms with Gasteiger partial charge in [-0.1, -0.05) is 50.6 Å².